The van der Waals surface area contributed by atoms with Crippen LogP contribution >= 0.6 is 0 Å². The molecule has 1 amide bonds. The minimum Gasteiger partial charge on any atom is -0.321 e. The van der Waals surface area contributed by atoms with Gasteiger partial charge in [-0.05, 0) is 25.0 Å². The fourth-order valence-electron chi connectivity index (χ4n) is 2.33. The van der Waals surface area contributed by atoms with Crippen LogP contribution in [-0.2, 0) is 11.3 Å². The smallest absolute Gasteiger partial charge is 0.254 e. The molecule has 0 spiro atoms. The van der Waals surface area contributed by atoms with E-state index >= 15 is 0 Å². The average Bonchev–Trinajstić information content (AvgIpc) is 3.00. The van der Waals surface area contributed by atoms with E-state index in [1.165, 1.54) is 0 Å². The lowest BCUT2D eigenvalue weighted by Gasteiger charge is -2.16. The molecule has 0 unspecified atom stereocenters. The fraction of sp³-hybridized carbons (Fsp3) is 0.385. The van der Waals surface area contributed by atoms with Crippen molar-refractivity contribution >= 4 is 16.9 Å². The van der Waals surface area contributed by atoms with Gasteiger partial charge in [0.25, 0.3) is 5.91 Å². The van der Waals surface area contributed by atoms with Gasteiger partial charge in [-0.25, -0.2) is 9.99 Å². The number of benzene rings is 1. The van der Waals surface area contributed by atoms with Crippen LogP contribution in [0.5, 0.6) is 0 Å². The summed E-state index contributed by atoms with van der Waals surface area (Å²) in [5, 5.41) is 1.99. The monoisotopic (exact) mass is 244 g/mol. The van der Waals surface area contributed by atoms with Crippen molar-refractivity contribution in [3.63, 3.8) is 0 Å². The summed E-state index contributed by atoms with van der Waals surface area (Å²) in [5.41, 5.74) is 4.84. The Morgan fingerprint density at radius 2 is 2.06 bits per heavy atom. The number of rotatable bonds is 3. The quantitative estimate of drug-likeness (QED) is 0.881. The lowest BCUT2D eigenvalue weighted by atomic mass is 10.3. The number of carbonyl (C=O) groups excluding carboxylic acids is 1. The molecule has 18 heavy (non-hydrogen) atoms. The van der Waals surface area contributed by atoms with E-state index in [9.17, 15) is 4.79 Å². The number of amides is 1. The van der Waals surface area contributed by atoms with Crippen molar-refractivity contribution in [3.05, 3.63) is 30.6 Å². The predicted molar refractivity (Wildman–Crippen MR) is 68.7 cm³/mol. The Morgan fingerprint density at radius 1 is 1.28 bits per heavy atom. The van der Waals surface area contributed by atoms with Crippen molar-refractivity contribution in [2.45, 2.75) is 19.4 Å². The number of imidazole rings is 1. The highest BCUT2D eigenvalue weighted by atomic mass is 16.2. The first-order chi connectivity index (χ1) is 8.83. The van der Waals surface area contributed by atoms with Gasteiger partial charge in [-0.1, -0.05) is 12.1 Å². The van der Waals surface area contributed by atoms with Crippen LogP contribution in [-0.4, -0.2) is 33.6 Å². The highest BCUT2D eigenvalue weighted by Gasteiger charge is 2.14. The number of hydrogen-bond donors (Lipinski definition) is 1. The van der Waals surface area contributed by atoms with Crippen LogP contribution in [0.25, 0.3) is 11.0 Å². The van der Waals surface area contributed by atoms with Crippen molar-refractivity contribution in [2.75, 3.05) is 13.1 Å². The Hall–Kier alpha value is -1.88. The number of hydrazine groups is 1. The number of nitrogens with zero attached hydrogens (tertiary/aromatic N) is 3. The third-order valence-corrected chi connectivity index (χ3v) is 3.23. The van der Waals surface area contributed by atoms with Crippen LogP contribution in [0, 0.1) is 0 Å². The van der Waals surface area contributed by atoms with Crippen LogP contribution in [0.4, 0.5) is 0 Å². The Labute approximate surface area is 105 Å². The number of fused-ring (bicyclic) bond motifs is 1. The zero-order valence-corrected chi connectivity index (χ0v) is 10.2. The number of para-hydroxylation sites is 2. The molecule has 5 nitrogen and oxygen atoms in total. The van der Waals surface area contributed by atoms with Gasteiger partial charge >= 0.3 is 0 Å². The molecule has 0 radical (unpaired) electrons. The second-order valence-corrected chi connectivity index (χ2v) is 4.59. The van der Waals surface area contributed by atoms with Gasteiger partial charge in [-0.15, -0.1) is 0 Å². The van der Waals surface area contributed by atoms with Crippen LogP contribution in [0.1, 0.15) is 12.8 Å². The molecule has 0 saturated carbocycles. The molecule has 1 aromatic carbocycles. The molecular formula is C13H16N4O. The second-order valence-electron chi connectivity index (χ2n) is 4.59. The second kappa shape index (κ2) is 4.78. The van der Waals surface area contributed by atoms with E-state index in [4.69, 9.17) is 0 Å². The van der Waals surface area contributed by atoms with Gasteiger partial charge < -0.3 is 4.57 Å². The zero-order valence-electron chi connectivity index (χ0n) is 10.2. The van der Waals surface area contributed by atoms with E-state index in [0.717, 1.165) is 37.0 Å². The Balaban J connectivity index is 1.70. The summed E-state index contributed by atoms with van der Waals surface area (Å²) in [6, 6.07) is 7.83. The fourth-order valence-corrected chi connectivity index (χ4v) is 2.33. The first-order valence-electron chi connectivity index (χ1n) is 6.27. The molecule has 1 aromatic heterocycles. The van der Waals surface area contributed by atoms with Gasteiger partial charge in [0.2, 0.25) is 0 Å². The van der Waals surface area contributed by atoms with Crippen molar-refractivity contribution < 1.29 is 4.79 Å². The molecule has 3 rings (SSSR count). The highest BCUT2D eigenvalue weighted by molar-refractivity contribution is 5.80. The summed E-state index contributed by atoms with van der Waals surface area (Å²) in [6.07, 6.45) is 4.04. The summed E-state index contributed by atoms with van der Waals surface area (Å²) in [7, 11) is 0. The standard InChI is InChI=1S/C13H16N4O/c18-13(15-17-7-3-4-8-17)9-16-10-14-11-5-1-2-6-12(11)16/h1-2,5-6,10H,3-4,7-9H2,(H,15,18). The van der Waals surface area contributed by atoms with Gasteiger partial charge in [0.1, 0.15) is 6.54 Å². The van der Waals surface area contributed by atoms with Crippen molar-refractivity contribution in [3.8, 4) is 0 Å². The highest BCUT2D eigenvalue weighted by Crippen LogP contribution is 2.11. The van der Waals surface area contributed by atoms with Gasteiger partial charge in [-0.2, -0.15) is 0 Å². The predicted octanol–water partition coefficient (Wildman–Crippen LogP) is 1.16. The minimum absolute atomic E-state index is 0.0139. The van der Waals surface area contributed by atoms with E-state index in [0.29, 0.717) is 6.54 Å². The van der Waals surface area contributed by atoms with Crippen molar-refractivity contribution in [1.29, 1.82) is 0 Å². The molecule has 1 aliphatic heterocycles. The molecule has 5 heteroatoms. The van der Waals surface area contributed by atoms with Gasteiger partial charge in [-0.3, -0.25) is 10.2 Å². The average molecular weight is 244 g/mol. The molecule has 0 bridgehead atoms. The summed E-state index contributed by atoms with van der Waals surface area (Å²) in [4.78, 5) is 16.2. The topological polar surface area (TPSA) is 50.2 Å². The van der Waals surface area contributed by atoms with Gasteiger partial charge in [0, 0.05) is 13.1 Å². The number of nitrogens with one attached hydrogen (secondary N) is 1. The zero-order chi connectivity index (χ0) is 12.4. The molecule has 94 valence electrons. The SMILES string of the molecule is O=C(Cn1cnc2ccccc21)NN1CCCC1. The maximum absolute atomic E-state index is 11.9. The largest absolute Gasteiger partial charge is 0.321 e. The molecule has 1 aliphatic rings. The van der Waals surface area contributed by atoms with Crippen molar-refractivity contribution in [2.24, 2.45) is 0 Å². The first kappa shape index (κ1) is 11.2. The molecule has 2 aromatic rings. The van der Waals surface area contributed by atoms with Crippen molar-refractivity contribution in [1.82, 2.24) is 20.0 Å². The van der Waals surface area contributed by atoms with Crippen LogP contribution in [0.2, 0.25) is 0 Å². The molecule has 1 N–H and O–H groups in total. The Morgan fingerprint density at radius 3 is 2.89 bits per heavy atom. The Kier molecular flexibility index (Phi) is 2.98. The third-order valence-electron chi connectivity index (χ3n) is 3.23. The number of hydrogen-bond acceptors (Lipinski definition) is 3. The molecular weight excluding hydrogens is 228 g/mol. The first-order valence-corrected chi connectivity index (χ1v) is 6.27. The lowest BCUT2D eigenvalue weighted by molar-refractivity contribution is -0.126. The van der Waals surface area contributed by atoms with E-state index in [-0.39, 0.29) is 5.91 Å². The summed E-state index contributed by atoms with van der Waals surface area (Å²) < 4.78 is 1.88. The molecule has 2 heterocycles. The van der Waals surface area contributed by atoms with E-state index in [1.54, 1.807) is 6.33 Å². The minimum atomic E-state index is 0.0139. The Bertz CT molecular complexity index is 557. The third kappa shape index (κ3) is 2.22. The van der Waals surface area contributed by atoms with Crippen LogP contribution < -0.4 is 5.43 Å². The number of carbonyl (C=O) groups is 1. The number of aromatic nitrogens is 2. The summed E-state index contributed by atoms with van der Waals surface area (Å²) in [5.74, 6) is 0.0139. The van der Waals surface area contributed by atoms with Gasteiger partial charge in [0.05, 0.1) is 17.4 Å². The molecule has 1 saturated heterocycles. The van der Waals surface area contributed by atoms with E-state index in [1.807, 2.05) is 33.8 Å². The lowest BCUT2D eigenvalue weighted by Crippen LogP contribution is -2.41. The molecule has 1 fully saturated rings. The maximum atomic E-state index is 11.9. The normalized spacial score (nSPS) is 16.2. The maximum Gasteiger partial charge on any atom is 0.254 e. The van der Waals surface area contributed by atoms with E-state index < -0.39 is 0 Å². The summed E-state index contributed by atoms with van der Waals surface area (Å²) >= 11 is 0. The summed E-state index contributed by atoms with van der Waals surface area (Å²) in [6.45, 7) is 2.23. The van der Waals surface area contributed by atoms with Gasteiger partial charge in [0.15, 0.2) is 0 Å². The molecule has 0 atom stereocenters. The van der Waals surface area contributed by atoms with E-state index in [2.05, 4.69) is 10.4 Å². The van der Waals surface area contributed by atoms with Crippen LogP contribution in [0.15, 0.2) is 30.6 Å². The molecule has 0 aliphatic carbocycles. The van der Waals surface area contributed by atoms with Crippen LogP contribution in [0.3, 0.4) is 0 Å².